The molecule has 1 aromatic rings. The van der Waals surface area contributed by atoms with E-state index in [0.717, 1.165) is 5.70 Å². The van der Waals surface area contributed by atoms with E-state index in [1.54, 1.807) is 0 Å². The Morgan fingerprint density at radius 2 is 1.68 bits per heavy atom. The summed E-state index contributed by atoms with van der Waals surface area (Å²) >= 11 is 5.99. The van der Waals surface area contributed by atoms with Crippen LogP contribution in [0.4, 0.5) is 5.69 Å². The van der Waals surface area contributed by atoms with Crippen molar-refractivity contribution in [2.75, 3.05) is 5.32 Å². The van der Waals surface area contributed by atoms with Crippen molar-refractivity contribution in [2.45, 2.75) is 39.0 Å². The van der Waals surface area contributed by atoms with E-state index in [1.807, 2.05) is 0 Å². The van der Waals surface area contributed by atoms with Crippen LogP contribution in [0.25, 0.3) is 6.08 Å². The molecule has 1 aliphatic heterocycles. The zero-order chi connectivity index (χ0) is 14.0. The van der Waals surface area contributed by atoms with Crippen molar-refractivity contribution in [1.82, 2.24) is 0 Å². The minimum absolute atomic E-state index is 0.544. The van der Waals surface area contributed by atoms with E-state index in [2.05, 4.69) is 75.2 Å². The predicted octanol–water partition coefficient (Wildman–Crippen LogP) is 5.26. The lowest BCUT2D eigenvalue weighted by atomic mass is 10.1. The van der Waals surface area contributed by atoms with E-state index in [-0.39, 0.29) is 0 Å². The number of anilines is 1. The highest BCUT2D eigenvalue weighted by molar-refractivity contribution is 8.16. The highest BCUT2D eigenvalue weighted by Crippen LogP contribution is 2.57. The van der Waals surface area contributed by atoms with Gasteiger partial charge >= 0.3 is 0 Å². The van der Waals surface area contributed by atoms with Gasteiger partial charge in [-0.05, 0) is 40.9 Å². The molecule has 0 bridgehead atoms. The lowest BCUT2D eigenvalue weighted by Crippen LogP contribution is -2.09. The van der Waals surface area contributed by atoms with Crippen LogP contribution in [0.5, 0.6) is 0 Å². The summed E-state index contributed by atoms with van der Waals surface area (Å²) < 4.78 is 0. The molecule has 102 valence electrons. The maximum atomic E-state index is 5.99. The Kier molecular flexibility index (Phi) is 4.32. The molecule has 19 heavy (non-hydrogen) atoms. The van der Waals surface area contributed by atoms with Crippen LogP contribution in [0.1, 0.15) is 33.3 Å². The Morgan fingerprint density at radius 3 is 2.32 bits per heavy atom. The van der Waals surface area contributed by atoms with Crippen molar-refractivity contribution in [3.8, 4) is 0 Å². The summed E-state index contributed by atoms with van der Waals surface area (Å²) in [6.07, 6.45) is 4.31. The summed E-state index contributed by atoms with van der Waals surface area (Å²) in [5.41, 5.74) is 4.65. The number of allylic oxidation sites excluding steroid dienone is 1. The summed E-state index contributed by atoms with van der Waals surface area (Å²) in [5.74, 6) is 2.32. The maximum absolute atomic E-state index is 5.99. The van der Waals surface area contributed by atoms with Gasteiger partial charge in [0.1, 0.15) is 0 Å². The highest BCUT2D eigenvalue weighted by atomic mass is 32.4. The molecule has 0 spiro atoms. The van der Waals surface area contributed by atoms with Crippen LogP contribution in [0, 0.1) is 0 Å². The lowest BCUT2D eigenvalue weighted by Gasteiger charge is -2.28. The molecule has 1 nitrogen and oxygen atoms in total. The molecule has 0 saturated carbocycles. The number of para-hydroxylation sites is 1. The van der Waals surface area contributed by atoms with Crippen LogP contribution >= 0.6 is 6.04 Å². The number of rotatable bonds is 3. The molecule has 1 aromatic carbocycles. The van der Waals surface area contributed by atoms with Crippen molar-refractivity contribution in [3.63, 3.8) is 0 Å². The van der Waals surface area contributed by atoms with E-state index < -0.39 is 6.04 Å². The quantitative estimate of drug-likeness (QED) is 0.762. The number of hydrogen-bond donors (Lipinski definition) is 1. The normalized spacial score (nSPS) is 16.8. The van der Waals surface area contributed by atoms with E-state index >= 15 is 0 Å². The van der Waals surface area contributed by atoms with Crippen molar-refractivity contribution >= 4 is 29.6 Å². The molecule has 2 rings (SSSR count). The molecule has 0 fully saturated rings. The zero-order valence-electron chi connectivity index (χ0n) is 12.1. The van der Waals surface area contributed by atoms with Gasteiger partial charge in [0.05, 0.1) is 0 Å². The minimum atomic E-state index is -1.49. The predicted molar refractivity (Wildman–Crippen MR) is 91.7 cm³/mol. The van der Waals surface area contributed by atoms with Gasteiger partial charge in [-0.15, -0.1) is 0 Å². The first kappa shape index (κ1) is 14.6. The molecule has 0 atom stereocenters. The number of benzene rings is 1. The second kappa shape index (κ2) is 5.64. The fourth-order valence-electron chi connectivity index (χ4n) is 2.32. The Bertz CT molecular complexity index is 558. The standard InChI is InChI=1S/C16H22NPS/c1-12(2)18(19,13(3)4)11-15-10-9-14-7-5-6-8-16(14)17-15/h5-13,17H,1-4H3/b15-11-. The zero-order valence-corrected chi connectivity index (χ0v) is 13.8. The average molecular weight is 291 g/mol. The van der Waals surface area contributed by atoms with Crippen LogP contribution in [-0.4, -0.2) is 11.3 Å². The van der Waals surface area contributed by atoms with Crippen LogP contribution in [0.3, 0.4) is 0 Å². The molecule has 1 heterocycles. The van der Waals surface area contributed by atoms with Crippen LogP contribution in [0.15, 0.2) is 41.9 Å². The van der Waals surface area contributed by atoms with Crippen molar-refractivity contribution in [2.24, 2.45) is 0 Å². The average Bonchev–Trinajstić information content (AvgIpc) is 2.38. The van der Waals surface area contributed by atoms with Gasteiger partial charge in [0.2, 0.25) is 0 Å². The van der Waals surface area contributed by atoms with Gasteiger partial charge in [-0.25, -0.2) is 0 Å². The van der Waals surface area contributed by atoms with E-state index in [1.165, 1.54) is 11.3 Å². The van der Waals surface area contributed by atoms with Crippen molar-refractivity contribution < 1.29 is 0 Å². The molecule has 1 aliphatic rings. The van der Waals surface area contributed by atoms with Crippen LogP contribution in [-0.2, 0) is 11.8 Å². The molecule has 0 saturated heterocycles. The fourth-order valence-corrected chi connectivity index (χ4v) is 5.03. The smallest absolute Gasteiger partial charge is 0.0457 e. The summed E-state index contributed by atoms with van der Waals surface area (Å²) in [6.45, 7) is 8.99. The summed E-state index contributed by atoms with van der Waals surface area (Å²) in [6, 6.07) is 6.87. The van der Waals surface area contributed by atoms with E-state index in [9.17, 15) is 0 Å². The van der Waals surface area contributed by atoms with E-state index in [0.29, 0.717) is 11.3 Å². The van der Waals surface area contributed by atoms with Gasteiger partial charge in [-0.2, -0.15) is 0 Å². The van der Waals surface area contributed by atoms with Gasteiger partial charge in [0.15, 0.2) is 0 Å². The van der Waals surface area contributed by atoms with Crippen molar-refractivity contribution in [1.29, 1.82) is 0 Å². The third-order valence-electron chi connectivity index (χ3n) is 3.64. The first-order chi connectivity index (χ1) is 8.93. The third kappa shape index (κ3) is 3.01. The Labute approximate surface area is 121 Å². The molecule has 0 amide bonds. The molecule has 0 aliphatic carbocycles. The number of nitrogens with one attached hydrogen (secondary N) is 1. The topological polar surface area (TPSA) is 12.0 Å². The lowest BCUT2D eigenvalue weighted by molar-refractivity contribution is 1.02. The maximum Gasteiger partial charge on any atom is 0.0457 e. The van der Waals surface area contributed by atoms with Crippen LogP contribution in [0.2, 0.25) is 0 Å². The minimum Gasteiger partial charge on any atom is -0.355 e. The molecule has 3 heteroatoms. The Morgan fingerprint density at radius 1 is 1.05 bits per heavy atom. The van der Waals surface area contributed by atoms with E-state index in [4.69, 9.17) is 11.8 Å². The molecular weight excluding hydrogens is 269 g/mol. The number of fused-ring (bicyclic) bond motifs is 1. The van der Waals surface area contributed by atoms with Gasteiger partial charge < -0.3 is 5.32 Å². The Hall–Kier alpha value is -0.850. The second-order valence-electron chi connectivity index (χ2n) is 5.58. The summed E-state index contributed by atoms with van der Waals surface area (Å²) in [7, 11) is 0. The molecule has 0 unspecified atom stereocenters. The molecular formula is C16H22NPS. The second-order valence-corrected chi connectivity index (χ2v) is 11.3. The van der Waals surface area contributed by atoms with Crippen molar-refractivity contribution in [3.05, 3.63) is 47.4 Å². The first-order valence-corrected chi connectivity index (χ1v) is 9.80. The van der Waals surface area contributed by atoms with Gasteiger partial charge in [-0.1, -0.05) is 63.8 Å². The molecule has 0 radical (unpaired) electrons. The molecule has 0 aromatic heterocycles. The van der Waals surface area contributed by atoms with Gasteiger partial charge in [-0.3, -0.25) is 0 Å². The van der Waals surface area contributed by atoms with Gasteiger partial charge in [0.25, 0.3) is 0 Å². The SMILES string of the molecule is CC(C)P(=S)(/C=C1/C=Cc2ccccc2N1)C(C)C. The largest absolute Gasteiger partial charge is 0.355 e. The first-order valence-electron chi connectivity index (χ1n) is 6.79. The third-order valence-corrected chi connectivity index (χ3v) is 10.4. The fraction of sp³-hybridized carbons (Fsp3) is 0.375. The Balaban J connectivity index is 2.35. The monoisotopic (exact) mass is 291 g/mol. The number of hydrogen-bond acceptors (Lipinski definition) is 2. The molecule has 1 N–H and O–H groups in total. The summed E-state index contributed by atoms with van der Waals surface area (Å²) in [4.78, 5) is 0. The summed E-state index contributed by atoms with van der Waals surface area (Å²) in [5, 5.41) is 3.50. The van der Waals surface area contributed by atoms with Crippen LogP contribution < -0.4 is 5.32 Å². The van der Waals surface area contributed by atoms with Gasteiger partial charge in [0, 0.05) is 11.4 Å². The highest BCUT2D eigenvalue weighted by Gasteiger charge is 2.24.